The first-order valence-electron chi connectivity index (χ1n) is 9.22. The molecular formula is C21H20FN3O5. The van der Waals surface area contributed by atoms with E-state index in [0.717, 1.165) is 0 Å². The SMILES string of the molecule is CC(OC(=O)C1CC(=O)N(c2ccccc2F)C1)C(=O)Nc1ccc(C(N)=O)cc1. The highest BCUT2D eigenvalue weighted by Gasteiger charge is 2.38. The minimum Gasteiger partial charge on any atom is -0.452 e. The molecular weight excluding hydrogens is 393 g/mol. The third-order valence-electron chi connectivity index (χ3n) is 4.70. The second-order valence-corrected chi connectivity index (χ2v) is 6.87. The molecule has 1 aliphatic rings. The van der Waals surface area contributed by atoms with Crippen molar-refractivity contribution >= 4 is 35.1 Å². The maximum absolute atomic E-state index is 13.9. The van der Waals surface area contributed by atoms with Crippen LogP contribution in [0.15, 0.2) is 48.5 Å². The van der Waals surface area contributed by atoms with Gasteiger partial charge in [-0.25, -0.2) is 4.39 Å². The van der Waals surface area contributed by atoms with Crippen molar-refractivity contribution in [2.24, 2.45) is 11.7 Å². The lowest BCUT2D eigenvalue weighted by Crippen LogP contribution is -2.33. The molecule has 0 radical (unpaired) electrons. The number of para-hydroxylation sites is 1. The monoisotopic (exact) mass is 413 g/mol. The minimum atomic E-state index is -1.12. The van der Waals surface area contributed by atoms with Gasteiger partial charge in [0.2, 0.25) is 11.8 Å². The van der Waals surface area contributed by atoms with E-state index >= 15 is 0 Å². The summed E-state index contributed by atoms with van der Waals surface area (Å²) in [5.74, 6) is -3.64. The Labute approximate surface area is 171 Å². The minimum absolute atomic E-state index is 0.0263. The number of nitrogens with two attached hydrogens (primary N) is 1. The average Bonchev–Trinajstić information content (AvgIpc) is 3.10. The van der Waals surface area contributed by atoms with Crippen molar-refractivity contribution in [3.8, 4) is 0 Å². The Hall–Kier alpha value is -3.75. The first-order chi connectivity index (χ1) is 14.3. The second-order valence-electron chi connectivity index (χ2n) is 6.87. The van der Waals surface area contributed by atoms with Gasteiger partial charge >= 0.3 is 5.97 Å². The van der Waals surface area contributed by atoms with Crippen molar-refractivity contribution in [3.63, 3.8) is 0 Å². The molecule has 2 aromatic carbocycles. The van der Waals surface area contributed by atoms with Gasteiger partial charge in [0.1, 0.15) is 5.82 Å². The number of carbonyl (C=O) groups excluding carboxylic acids is 4. The van der Waals surface area contributed by atoms with Gasteiger partial charge in [0.25, 0.3) is 5.91 Å². The van der Waals surface area contributed by atoms with E-state index in [1.165, 1.54) is 54.3 Å². The zero-order valence-electron chi connectivity index (χ0n) is 16.1. The summed E-state index contributed by atoms with van der Waals surface area (Å²) in [4.78, 5) is 49.2. The Morgan fingerprint density at radius 3 is 2.47 bits per heavy atom. The Balaban J connectivity index is 1.57. The Kier molecular flexibility index (Phi) is 6.10. The number of carbonyl (C=O) groups is 4. The number of rotatable bonds is 6. The molecule has 0 aliphatic carbocycles. The highest BCUT2D eigenvalue weighted by atomic mass is 19.1. The van der Waals surface area contributed by atoms with Crippen LogP contribution >= 0.6 is 0 Å². The van der Waals surface area contributed by atoms with Crippen molar-refractivity contribution in [2.75, 3.05) is 16.8 Å². The van der Waals surface area contributed by atoms with Crippen LogP contribution in [0.3, 0.4) is 0 Å². The molecule has 1 fully saturated rings. The fourth-order valence-corrected chi connectivity index (χ4v) is 3.05. The van der Waals surface area contributed by atoms with Crippen molar-refractivity contribution in [1.29, 1.82) is 0 Å². The molecule has 3 rings (SSSR count). The van der Waals surface area contributed by atoms with Gasteiger partial charge in [-0.1, -0.05) is 12.1 Å². The van der Waals surface area contributed by atoms with Gasteiger partial charge in [0.05, 0.1) is 11.6 Å². The van der Waals surface area contributed by atoms with Crippen LogP contribution in [-0.4, -0.2) is 36.3 Å². The number of nitrogens with one attached hydrogen (secondary N) is 1. The summed E-state index contributed by atoms with van der Waals surface area (Å²) in [7, 11) is 0. The Morgan fingerprint density at radius 2 is 1.83 bits per heavy atom. The summed E-state index contributed by atoms with van der Waals surface area (Å²) >= 11 is 0. The molecule has 3 amide bonds. The highest BCUT2D eigenvalue weighted by Crippen LogP contribution is 2.28. The molecule has 30 heavy (non-hydrogen) atoms. The summed E-state index contributed by atoms with van der Waals surface area (Å²) in [6.07, 6.45) is -1.25. The molecule has 3 N–H and O–H groups in total. The van der Waals surface area contributed by atoms with E-state index in [9.17, 15) is 23.6 Å². The lowest BCUT2D eigenvalue weighted by molar-refractivity contribution is -0.157. The zero-order chi connectivity index (χ0) is 21.8. The number of hydrogen-bond acceptors (Lipinski definition) is 5. The number of halogens is 1. The normalized spacial score (nSPS) is 16.8. The topological polar surface area (TPSA) is 119 Å². The lowest BCUT2D eigenvalue weighted by atomic mass is 10.1. The van der Waals surface area contributed by atoms with E-state index in [1.54, 1.807) is 6.07 Å². The van der Waals surface area contributed by atoms with Crippen LogP contribution < -0.4 is 16.0 Å². The number of nitrogens with zero attached hydrogens (tertiary/aromatic N) is 1. The van der Waals surface area contributed by atoms with Crippen molar-refractivity contribution in [1.82, 2.24) is 0 Å². The van der Waals surface area contributed by atoms with Crippen LogP contribution in [0.4, 0.5) is 15.8 Å². The van der Waals surface area contributed by atoms with Crippen molar-refractivity contribution < 1.29 is 28.3 Å². The third-order valence-corrected chi connectivity index (χ3v) is 4.70. The summed E-state index contributed by atoms with van der Waals surface area (Å²) in [6, 6.07) is 11.7. The summed E-state index contributed by atoms with van der Waals surface area (Å²) in [5.41, 5.74) is 5.95. The smallest absolute Gasteiger partial charge is 0.312 e. The molecule has 2 atom stereocenters. The van der Waals surface area contributed by atoms with Gasteiger partial charge in [-0.3, -0.25) is 19.2 Å². The maximum Gasteiger partial charge on any atom is 0.312 e. The molecule has 0 spiro atoms. The van der Waals surface area contributed by atoms with E-state index in [-0.39, 0.29) is 24.2 Å². The van der Waals surface area contributed by atoms with E-state index in [0.29, 0.717) is 5.69 Å². The van der Waals surface area contributed by atoms with Crippen LogP contribution in [0.1, 0.15) is 23.7 Å². The third kappa shape index (κ3) is 4.62. The molecule has 2 aromatic rings. The van der Waals surface area contributed by atoms with Crippen LogP contribution in [0, 0.1) is 11.7 Å². The number of anilines is 2. The van der Waals surface area contributed by atoms with Gasteiger partial charge in [-0.05, 0) is 43.3 Å². The molecule has 0 saturated carbocycles. The number of hydrogen-bond donors (Lipinski definition) is 2. The lowest BCUT2D eigenvalue weighted by Gasteiger charge is -2.18. The van der Waals surface area contributed by atoms with E-state index in [1.807, 2.05) is 0 Å². The largest absolute Gasteiger partial charge is 0.452 e. The quantitative estimate of drug-likeness (QED) is 0.701. The fraction of sp³-hybridized carbons (Fsp3) is 0.238. The fourth-order valence-electron chi connectivity index (χ4n) is 3.05. The van der Waals surface area contributed by atoms with Crippen LogP contribution in [-0.2, 0) is 19.1 Å². The van der Waals surface area contributed by atoms with Gasteiger partial charge in [-0.2, -0.15) is 0 Å². The average molecular weight is 413 g/mol. The molecule has 1 saturated heterocycles. The molecule has 0 aromatic heterocycles. The molecule has 8 nitrogen and oxygen atoms in total. The molecule has 1 heterocycles. The number of esters is 1. The second kappa shape index (κ2) is 8.73. The summed E-state index contributed by atoms with van der Waals surface area (Å²) in [6.45, 7) is 1.37. The zero-order valence-corrected chi connectivity index (χ0v) is 16.1. The predicted molar refractivity (Wildman–Crippen MR) is 106 cm³/mol. The summed E-state index contributed by atoms with van der Waals surface area (Å²) in [5, 5.41) is 2.56. The maximum atomic E-state index is 13.9. The van der Waals surface area contributed by atoms with Gasteiger partial charge in [0, 0.05) is 24.2 Å². The Bertz CT molecular complexity index is 992. The molecule has 9 heteroatoms. The van der Waals surface area contributed by atoms with E-state index < -0.39 is 41.5 Å². The van der Waals surface area contributed by atoms with E-state index in [2.05, 4.69) is 5.32 Å². The Morgan fingerprint density at radius 1 is 1.17 bits per heavy atom. The molecule has 0 bridgehead atoms. The molecule has 1 aliphatic heterocycles. The van der Waals surface area contributed by atoms with Gasteiger partial charge < -0.3 is 20.7 Å². The van der Waals surface area contributed by atoms with Crippen LogP contribution in [0.25, 0.3) is 0 Å². The highest BCUT2D eigenvalue weighted by molar-refractivity contribution is 6.00. The first kappa shape index (κ1) is 21.0. The van der Waals surface area contributed by atoms with E-state index in [4.69, 9.17) is 10.5 Å². The first-order valence-corrected chi connectivity index (χ1v) is 9.22. The van der Waals surface area contributed by atoms with Gasteiger partial charge in [0.15, 0.2) is 6.10 Å². The predicted octanol–water partition coefficient (Wildman–Crippen LogP) is 1.85. The van der Waals surface area contributed by atoms with Crippen molar-refractivity contribution in [3.05, 3.63) is 59.9 Å². The van der Waals surface area contributed by atoms with Crippen molar-refractivity contribution in [2.45, 2.75) is 19.4 Å². The number of benzene rings is 2. The number of ether oxygens (including phenoxy) is 1. The number of amides is 3. The molecule has 2 unspecified atom stereocenters. The standard InChI is InChI=1S/C21H20FN3O5/c1-12(20(28)24-15-8-6-13(7-9-15)19(23)27)30-21(29)14-10-18(26)25(11-14)17-5-3-2-4-16(17)22/h2-9,12,14H,10-11H2,1H3,(H2,23,27)(H,24,28). The number of primary amides is 1. The van der Waals surface area contributed by atoms with Crippen LogP contribution in [0.2, 0.25) is 0 Å². The van der Waals surface area contributed by atoms with Crippen LogP contribution in [0.5, 0.6) is 0 Å². The van der Waals surface area contributed by atoms with Gasteiger partial charge in [-0.15, -0.1) is 0 Å². The molecule has 156 valence electrons. The summed E-state index contributed by atoms with van der Waals surface area (Å²) < 4.78 is 19.1.